The fourth-order valence-electron chi connectivity index (χ4n) is 1.37. The van der Waals surface area contributed by atoms with Crippen molar-refractivity contribution in [2.75, 3.05) is 0 Å². The van der Waals surface area contributed by atoms with Gasteiger partial charge in [0.1, 0.15) is 5.69 Å². The van der Waals surface area contributed by atoms with Gasteiger partial charge in [0.2, 0.25) is 0 Å². The fourth-order valence-corrected chi connectivity index (χ4v) is 1.37. The smallest absolute Gasteiger partial charge is 0.269 e. The molecule has 2 aromatic rings. The van der Waals surface area contributed by atoms with Crippen LogP contribution in [0.1, 0.15) is 21.7 Å². The Balaban J connectivity index is 1.95. The maximum absolute atomic E-state index is 11.6. The number of H-pyrrole nitrogens is 1. The molecular weight excluding hydrogens is 204 g/mol. The number of hydrogen-bond donors (Lipinski definition) is 2. The molecule has 0 atom stereocenters. The lowest BCUT2D eigenvalue weighted by Crippen LogP contribution is -2.23. The monoisotopic (exact) mass is 216 g/mol. The fraction of sp³-hybridized carbons (Fsp3) is 0.182. The molecular formula is C11H12N4O. The SMILES string of the molecule is Cc1cc(CNC(=O)c2cnc[nH]2)ccn1. The lowest BCUT2D eigenvalue weighted by Gasteiger charge is -2.03. The average Bonchev–Trinajstić information content (AvgIpc) is 2.79. The largest absolute Gasteiger partial charge is 0.347 e. The van der Waals surface area contributed by atoms with E-state index in [1.165, 1.54) is 12.5 Å². The Morgan fingerprint density at radius 2 is 2.44 bits per heavy atom. The van der Waals surface area contributed by atoms with Gasteiger partial charge in [0, 0.05) is 18.4 Å². The van der Waals surface area contributed by atoms with Gasteiger partial charge in [-0.25, -0.2) is 4.98 Å². The molecule has 0 aromatic carbocycles. The number of aryl methyl sites for hydroxylation is 1. The standard InChI is InChI=1S/C11H12N4O/c1-8-4-9(2-3-13-8)5-14-11(16)10-6-12-7-15-10/h2-4,6-7H,5H2,1H3,(H,12,15)(H,14,16). The predicted octanol–water partition coefficient (Wildman–Crippen LogP) is 1.04. The highest BCUT2D eigenvalue weighted by atomic mass is 16.1. The van der Waals surface area contributed by atoms with E-state index in [0.717, 1.165) is 11.3 Å². The first-order chi connectivity index (χ1) is 7.75. The van der Waals surface area contributed by atoms with Crippen LogP contribution in [0.3, 0.4) is 0 Å². The molecule has 0 saturated carbocycles. The van der Waals surface area contributed by atoms with Gasteiger partial charge in [-0.15, -0.1) is 0 Å². The van der Waals surface area contributed by atoms with Gasteiger partial charge < -0.3 is 10.3 Å². The lowest BCUT2D eigenvalue weighted by atomic mass is 10.2. The predicted molar refractivity (Wildman–Crippen MR) is 58.7 cm³/mol. The van der Waals surface area contributed by atoms with Crippen LogP contribution in [0.5, 0.6) is 0 Å². The van der Waals surface area contributed by atoms with E-state index in [1.54, 1.807) is 6.20 Å². The van der Waals surface area contributed by atoms with E-state index in [0.29, 0.717) is 12.2 Å². The van der Waals surface area contributed by atoms with Gasteiger partial charge in [-0.3, -0.25) is 9.78 Å². The van der Waals surface area contributed by atoms with Crippen molar-refractivity contribution >= 4 is 5.91 Å². The number of carbonyl (C=O) groups excluding carboxylic acids is 1. The Labute approximate surface area is 92.9 Å². The molecule has 2 heterocycles. The number of nitrogens with one attached hydrogen (secondary N) is 2. The van der Waals surface area contributed by atoms with Crippen molar-refractivity contribution < 1.29 is 4.79 Å². The second kappa shape index (κ2) is 4.57. The highest BCUT2D eigenvalue weighted by Gasteiger charge is 2.05. The number of nitrogens with zero attached hydrogens (tertiary/aromatic N) is 2. The van der Waals surface area contributed by atoms with Gasteiger partial charge >= 0.3 is 0 Å². The van der Waals surface area contributed by atoms with Crippen molar-refractivity contribution in [3.8, 4) is 0 Å². The molecule has 1 amide bonds. The van der Waals surface area contributed by atoms with Crippen LogP contribution in [-0.4, -0.2) is 20.9 Å². The first-order valence-electron chi connectivity index (χ1n) is 4.94. The third kappa shape index (κ3) is 2.44. The first-order valence-corrected chi connectivity index (χ1v) is 4.94. The van der Waals surface area contributed by atoms with Crippen molar-refractivity contribution in [3.05, 3.63) is 47.8 Å². The molecule has 0 saturated heterocycles. The Kier molecular flexibility index (Phi) is 2.95. The van der Waals surface area contributed by atoms with Crippen LogP contribution in [-0.2, 0) is 6.54 Å². The summed E-state index contributed by atoms with van der Waals surface area (Å²) in [5.74, 6) is -0.160. The molecule has 5 heteroatoms. The Morgan fingerprint density at radius 3 is 3.12 bits per heavy atom. The maximum atomic E-state index is 11.6. The highest BCUT2D eigenvalue weighted by Crippen LogP contribution is 2.00. The topological polar surface area (TPSA) is 70.7 Å². The molecule has 5 nitrogen and oxygen atoms in total. The molecule has 0 unspecified atom stereocenters. The summed E-state index contributed by atoms with van der Waals surface area (Å²) in [5.41, 5.74) is 2.43. The third-order valence-corrected chi connectivity index (χ3v) is 2.16. The number of aromatic amines is 1. The van der Waals surface area contributed by atoms with Crippen LogP contribution in [0.25, 0.3) is 0 Å². The quantitative estimate of drug-likeness (QED) is 0.805. The molecule has 0 spiro atoms. The maximum Gasteiger partial charge on any atom is 0.269 e. The van der Waals surface area contributed by atoms with Crippen LogP contribution in [0.4, 0.5) is 0 Å². The summed E-state index contributed by atoms with van der Waals surface area (Å²) in [6.07, 6.45) is 4.70. The summed E-state index contributed by atoms with van der Waals surface area (Å²) < 4.78 is 0. The zero-order valence-electron chi connectivity index (χ0n) is 8.90. The summed E-state index contributed by atoms with van der Waals surface area (Å²) in [7, 11) is 0. The normalized spacial score (nSPS) is 10.1. The Bertz CT molecular complexity index is 478. The van der Waals surface area contributed by atoms with Gasteiger partial charge in [-0.2, -0.15) is 0 Å². The van der Waals surface area contributed by atoms with Gasteiger partial charge in [-0.05, 0) is 24.6 Å². The van der Waals surface area contributed by atoms with Crippen molar-refractivity contribution in [1.82, 2.24) is 20.3 Å². The minimum atomic E-state index is -0.160. The minimum Gasteiger partial charge on any atom is -0.347 e. The van der Waals surface area contributed by atoms with Crippen LogP contribution in [0.2, 0.25) is 0 Å². The molecule has 0 aliphatic rings. The molecule has 2 aromatic heterocycles. The van der Waals surface area contributed by atoms with E-state index in [9.17, 15) is 4.79 Å². The van der Waals surface area contributed by atoms with E-state index in [4.69, 9.17) is 0 Å². The van der Waals surface area contributed by atoms with E-state index in [1.807, 2.05) is 19.1 Å². The van der Waals surface area contributed by atoms with E-state index in [2.05, 4.69) is 20.3 Å². The molecule has 2 rings (SSSR count). The summed E-state index contributed by atoms with van der Waals surface area (Å²) in [5, 5.41) is 2.79. The van der Waals surface area contributed by atoms with Crippen molar-refractivity contribution in [2.24, 2.45) is 0 Å². The van der Waals surface area contributed by atoms with Gasteiger partial charge in [-0.1, -0.05) is 0 Å². The first kappa shape index (κ1) is 10.4. The second-order valence-electron chi connectivity index (χ2n) is 3.45. The van der Waals surface area contributed by atoms with Crippen molar-refractivity contribution in [2.45, 2.75) is 13.5 Å². The third-order valence-electron chi connectivity index (χ3n) is 2.16. The zero-order valence-corrected chi connectivity index (χ0v) is 8.90. The molecule has 2 N–H and O–H groups in total. The number of pyridine rings is 1. The molecule has 0 aliphatic carbocycles. The molecule has 0 fully saturated rings. The van der Waals surface area contributed by atoms with Crippen LogP contribution in [0, 0.1) is 6.92 Å². The Morgan fingerprint density at radius 1 is 1.56 bits per heavy atom. The summed E-state index contributed by atoms with van der Waals surface area (Å²) in [6, 6.07) is 3.81. The number of hydrogen-bond acceptors (Lipinski definition) is 3. The Hall–Kier alpha value is -2.17. The van der Waals surface area contributed by atoms with Crippen molar-refractivity contribution in [1.29, 1.82) is 0 Å². The van der Waals surface area contributed by atoms with Crippen LogP contribution < -0.4 is 5.32 Å². The van der Waals surface area contributed by atoms with E-state index >= 15 is 0 Å². The lowest BCUT2D eigenvalue weighted by molar-refractivity contribution is 0.0946. The number of carbonyl (C=O) groups is 1. The number of rotatable bonds is 3. The molecule has 0 radical (unpaired) electrons. The van der Waals surface area contributed by atoms with E-state index < -0.39 is 0 Å². The molecule has 16 heavy (non-hydrogen) atoms. The molecule has 0 aliphatic heterocycles. The number of aromatic nitrogens is 3. The summed E-state index contributed by atoms with van der Waals surface area (Å²) in [6.45, 7) is 2.40. The minimum absolute atomic E-state index is 0.160. The number of amides is 1. The number of imidazole rings is 1. The van der Waals surface area contributed by atoms with Crippen LogP contribution >= 0.6 is 0 Å². The highest BCUT2D eigenvalue weighted by molar-refractivity contribution is 5.91. The zero-order chi connectivity index (χ0) is 11.4. The van der Waals surface area contributed by atoms with Crippen molar-refractivity contribution in [3.63, 3.8) is 0 Å². The van der Waals surface area contributed by atoms with Crippen LogP contribution in [0.15, 0.2) is 30.9 Å². The van der Waals surface area contributed by atoms with Gasteiger partial charge in [0.25, 0.3) is 5.91 Å². The summed E-state index contributed by atoms with van der Waals surface area (Å²) in [4.78, 5) is 22.2. The summed E-state index contributed by atoms with van der Waals surface area (Å²) >= 11 is 0. The second-order valence-corrected chi connectivity index (χ2v) is 3.45. The van der Waals surface area contributed by atoms with Gasteiger partial charge in [0.15, 0.2) is 0 Å². The average molecular weight is 216 g/mol. The molecule has 0 bridgehead atoms. The van der Waals surface area contributed by atoms with E-state index in [-0.39, 0.29) is 5.91 Å². The van der Waals surface area contributed by atoms with Gasteiger partial charge in [0.05, 0.1) is 12.5 Å². The molecule has 82 valence electrons.